The summed E-state index contributed by atoms with van der Waals surface area (Å²) >= 11 is 0. The molecule has 0 aliphatic rings. The Balaban J connectivity index is 0.000000516. The number of rotatable bonds is 4. The summed E-state index contributed by atoms with van der Waals surface area (Å²) < 4.78 is 0. The Morgan fingerprint density at radius 3 is 0.683 bits per heavy atom. The number of aromatic carboxylic acids is 4. The smallest absolute Gasteiger partial charge is 0.477 e. The molecule has 4 aromatic heterocycles. The van der Waals surface area contributed by atoms with Crippen molar-refractivity contribution in [3.8, 4) is 0 Å². The van der Waals surface area contributed by atoms with Gasteiger partial charge in [-0.25, -0.2) is 19.2 Å². The summed E-state index contributed by atoms with van der Waals surface area (Å²) in [7, 11) is 0. The van der Waals surface area contributed by atoms with Gasteiger partial charge in [0, 0.05) is 73.3 Å². The first kappa shape index (κ1) is 36.0. The van der Waals surface area contributed by atoms with Crippen LogP contribution in [0.25, 0.3) is 0 Å². The van der Waals surface area contributed by atoms with Crippen LogP contribution >= 0.6 is 0 Å². The second-order valence-electron chi connectivity index (χ2n) is 6.97. The Hall–Kier alpha value is -5.03. The van der Waals surface area contributed by atoms with Gasteiger partial charge in [0.15, 0.2) is 21.7 Å². The summed E-state index contributed by atoms with van der Waals surface area (Å²) in [5.74, 6) is -4.51. The molecule has 0 saturated heterocycles. The van der Waals surface area contributed by atoms with Crippen LogP contribution in [-0.2, 0) is 0 Å². The number of carbonyl (C=O) groups is 4. The summed E-state index contributed by atoms with van der Waals surface area (Å²) in [5.41, 5.74) is -1.60. The largest absolute Gasteiger partial charge is 3.00 e. The summed E-state index contributed by atoms with van der Waals surface area (Å²) in [6, 6.07) is 9.15. The van der Waals surface area contributed by atoms with Gasteiger partial charge in [-0.1, -0.05) is 0 Å². The molecule has 0 aromatic carbocycles. The van der Waals surface area contributed by atoms with E-state index in [4.69, 9.17) is 20.4 Å². The number of hydrogen-bond donors (Lipinski definition) is 8. The molecule has 214 valence electrons. The van der Waals surface area contributed by atoms with Gasteiger partial charge in [-0.05, 0) is 0 Å². The summed E-state index contributed by atoms with van der Waals surface area (Å²) in [5, 5.41) is 33.4. The molecule has 0 unspecified atom stereocenters. The topological polar surface area (TPSA) is 281 Å². The van der Waals surface area contributed by atoms with Gasteiger partial charge in [-0.15, -0.1) is 0 Å². The van der Waals surface area contributed by atoms with Crippen molar-refractivity contribution in [1.82, 2.24) is 19.9 Å². The number of pyridine rings is 4. The molecule has 4 aromatic rings. The fraction of sp³-hybridized carbons (Fsp3) is 0. The van der Waals surface area contributed by atoms with Crippen LogP contribution in [0.15, 0.2) is 92.5 Å². The van der Waals surface area contributed by atoms with Crippen LogP contribution in [0.4, 0.5) is 0 Å². The fourth-order valence-corrected chi connectivity index (χ4v) is 2.28. The molecule has 0 amide bonds. The first-order valence-corrected chi connectivity index (χ1v) is 10.5. The summed E-state index contributed by atoms with van der Waals surface area (Å²) in [6.45, 7) is 0. The Morgan fingerprint density at radius 1 is 0.415 bits per heavy atom. The standard InChI is InChI=1S/4C6H5NO3.Tb/c4*8-4-1-2-7-5(3-4)6(9)10;/h4*1-3H,(H,7,8)(H,9,10);/q;;;;+3. The Bertz CT molecular complexity index is 1470. The normalized spacial score (nSPS) is 8.98. The van der Waals surface area contributed by atoms with Crippen molar-refractivity contribution in [2.75, 3.05) is 0 Å². The van der Waals surface area contributed by atoms with Gasteiger partial charge in [-0.3, -0.25) is 19.2 Å². The number of aromatic nitrogens is 4. The van der Waals surface area contributed by atoms with E-state index in [2.05, 4.69) is 19.9 Å². The molecular formula is C24H20N4O12Tb+3. The van der Waals surface area contributed by atoms with Crippen LogP contribution in [0.2, 0.25) is 0 Å². The van der Waals surface area contributed by atoms with E-state index >= 15 is 0 Å². The third kappa shape index (κ3) is 14.6. The molecule has 0 aliphatic carbocycles. The predicted molar refractivity (Wildman–Crippen MR) is 136 cm³/mol. The first-order chi connectivity index (χ1) is 18.8. The van der Waals surface area contributed by atoms with Crippen LogP contribution in [-0.4, -0.2) is 64.2 Å². The van der Waals surface area contributed by atoms with Crippen molar-refractivity contribution < 1.29 is 78.2 Å². The zero-order chi connectivity index (χ0) is 30.2. The van der Waals surface area contributed by atoms with Gasteiger partial charge in [0.1, 0.15) is 22.8 Å². The van der Waals surface area contributed by atoms with E-state index < -0.39 is 23.9 Å². The monoisotopic (exact) mass is 715 g/mol. The number of carboxylic acid groups (broad SMARTS) is 4. The van der Waals surface area contributed by atoms with Crippen LogP contribution in [0.3, 0.4) is 0 Å². The number of H-pyrrole nitrogens is 4. The number of carboxylic acids is 4. The van der Waals surface area contributed by atoms with Gasteiger partial charge in [-0.2, -0.15) is 0 Å². The Labute approximate surface area is 257 Å². The van der Waals surface area contributed by atoms with E-state index in [0.717, 1.165) is 24.3 Å². The molecule has 8 N–H and O–H groups in total. The predicted octanol–water partition coefficient (Wildman–Crippen LogP) is 0.292. The van der Waals surface area contributed by atoms with E-state index in [-0.39, 0.29) is 83.1 Å². The van der Waals surface area contributed by atoms with Gasteiger partial charge in [0.2, 0.25) is 0 Å². The summed E-state index contributed by atoms with van der Waals surface area (Å²) in [4.78, 5) is 92.4. The molecule has 4 heterocycles. The van der Waals surface area contributed by atoms with Gasteiger partial charge in [0.25, 0.3) is 0 Å². The maximum absolute atomic E-state index is 10.5. The van der Waals surface area contributed by atoms with Crippen LogP contribution < -0.4 is 21.7 Å². The second kappa shape index (κ2) is 18.3. The molecule has 41 heavy (non-hydrogen) atoms. The van der Waals surface area contributed by atoms with Crippen LogP contribution in [0.1, 0.15) is 42.0 Å². The Kier molecular flexibility index (Phi) is 16.0. The average Bonchev–Trinajstić information content (AvgIpc) is 2.90. The zero-order valence-corrected chi connectivity index (χ0v) is 22.5. The van der Waals surface area contributed by atoms with E-state index in [1.807, 2.05) is 0 Å². The minimum atomic E-state index is -1.13. The Morgan fingerprint density at radius 2 is 0.585 bits per heavy atom. The maximum atomic E-state index is 10.5. The van der Waals surface area contributed by atoms with Gasteiger partial charge in [0.05, 0.1) is 0 Å². The molecule has 0 aliphatic heterocycles. The zero-order valence-electron chi connectivity index (χ0n) is 20.3. The molecule has 16 nitrogen and oxygen atoms in total. The number of aromatic amines is 4. The molecule has 0 fully saturated rings. The van der Waals surface area contributed by atoms with Gasteiger partial charge < -0.3 is 40.4 Å². The van der Waals surface area contributed by atoms with Crippen LogP contribution in [0, 0.1) is 38.6 Å². The van der Waals surface area contributed by atoms with Crippen molar-refractivity contribution in [2.24, 2.45) is 0 Å². The van der Waals surface area contributed by atoms with Crippen molar-refractivity contribution in [3.63, 3.8) is 0 Å². The minimum absolute atomic E-state index is 0. The van der Waals surface area contributed by atoms with Crippen molar-refractivity contribution in [3.05, 3.63) is 137 Å². The molecule has 17 heteroatoms. The SMILES string of the molecule is O=C(O)c1cc(=O)cc[nH]1.O=C(O)c1cc(=O)cc[nH]1.O=C(O)c1cc(=O)cc[nH]1.O=C(O)c1cc(=O)cc[nH]1.[Tb+3]. The molecule has 0 saturated carbocycles. The van der Waals surface area contributed by atoms with Crippen molar-refractivity contribution in [1.29, 1.82) is 0 Å². The molecule has 0 radical (unpaired) electrons. The quantitative estimate of drug-likeness (QED) is 0.142. The number of nitrogens with one attached hydrogen (secondary N) is 4. The maximum Gasteiger partial charge on any atom is 3.00 e. The minimum Gasteiger partial charge on any atom is -0.477 e. The van der Waals surface area contributed by atoms with E-state index in [1.165, 1.54) is 49.1 Å². The van der Waals surface area contributed by atoms with Crippen molar-refractivity contribution in [2.45, 2.75) is 0 Å². The van der Waals surface area contributed by atoms with E-state index in [0.29, 0.717) is 0 Å². The third-order valence-corrected chi connectivity index (χ3v) is 4.01. The third-order valence-electron chi connectivity index (χ3n) is 4.01. The number of hydrogen-bond acceptors (Lipinski definition) is 8. The van der Waals surface area contributed by atoms with Gasteiger partial charge >= 0.3 is 62.5 Å². The average molecular weight is 715 g/mol. The van der Waals surface area contributed by atoms with Crippen molar-refractivity contribution >= 4 is 23.9 Å². The molecule has 4 rings (SSSR count). The molecule has 0 atom stereocenters. The van der Waals surface area contributed by atoms with Crippen LogP contribution in [0.5, 0.6) is 0 Å². The fourth-order valence-electron chi connectivity index (χ4n) is 2.28. The molecular weight excluding hydrogens is 695 g/mol. The second-order valence-corrected chi connectivity index (χ2v) is 6.97. The summed E-state index contributed by atoms with van der Waals surface area (Å²) in [6.07, 6.45) is 5.19. The first-order valence-electron chi connectivity index (χ1n) is 10.5. The van der Waals surface area contributed by atoms with E-state index in [1.54, 1.807) is 0 Å². The van der Waals surface area contributed by atoms with E-state index in [9.17, 15) is 38.4 Å². The molecule has 0 spiro atoms. The molecule has 0 bridgehead atoms.